The van der Waals surface area contributed by atoms with E-state index < -0.39 is 6.04 Å². The maximum Gasteiger partial charge on any atom is 0.237 e. The Hall–Kier alpha value is -1.35. The summed E-state index contributed by atoms with van der Waals surface area (Å²) in [5.74, 6) is 0.503. The molecular weight excluding hydrogens is 224 g/mol. The van der Waals surface area contributed by atoms with Gasteiger partial charge in [-0.3, -0.25) is 4.79 Å². The van der Waals surface area contributed by atoms with Crippen LogP contribution in [0.5, 0.6) is 0 Å². The van der Waals surface area contributed by atoms with E-state index >= 15 is 0 Å². The van der Waals surface area contributed by atoms with E-state index in [1.807, 2.05) is 30.3 Å². The Labute approximate surface area is 110 Å². The van der Waals surface area contributed by atoms with Crippen molar-refractivity contribution in [3.63, 3.8) is 0 Å². The normalized spacial score (nSPS) is 12.4. The second-order valence-electron chi connectivity index (χ2n) is 4.72. The van der Waals surface area contributed by atoms with E-state index in [0.717, 1.165) is 24.9 Å². The molecule has 0 radical (unpaired) electrons. The molecule has 0 aliphatic carbocycles. The molecule has 0 heterocycles. The summed E-state index contributed by atoms with van der Waals surface area (Å²) < 4.78 is 0. The number of nitrogens with one attached hydrogen (secondary N) is 1. The third-order valence-corrected chi connectivity index (χ3v) is 3.35. The van der Waals surface area contributed by atoms with Gasteiger partial charge in [0.05, 0.1) is 6.04 Å². The first kappa shape index (κ1) is 14.7. The lowest BCUT2D eigenvalue weighted by Crippen LogP contribution is -2.43. The number of carbonyl (C=O) groups excluding carboxylic acids is 1. The SMILES string of the molecule is CCC(CC)CNC(=O)[C@H](N)Cc1ccccc1. The van der Waals surface area contributed by atoms with Crippen LogP contribution in [-0.4, -0.2) is 18.5 Å². The first-order valence-electron chi connectivity index (χ1n) is 6.74. The zero-order valence-electron chi connectivity index (χ0n) is 11.4. The van der Waals surface area contributed by atoms with E-state index in [-0.39, 0.29) is 5.91 Å². The van der Waals surface area contributed by atoms with Gasteiger partial charge in [-0.2, -0.15) is 0 Å². The van der Waals surface area contributed by atoms with Crippen LogP contribution >= 0.6 is 0 Å². The molecule has 0 saturated carbocycles. The van der Waals surface area contributed by atoms with Crippen LogP contribution in [0, 0.1) is 5.92 Å². The number of amides is 1. The van der Waals surface area contributed by atoms with Crippen LogP contribution in [-0.2, 0) is 11.2 Å². The minimum atomic E-state index is -0.457. The van der Waals surface area contributed by atoms with Crippen LogP contribution in [0.25, 0.3) is 0 Å². The van der Waals surface area contributed by atoms with E-state index in [4.69, 9.17) is 5.73 Å². The van der Waals surface area contributed by atoms with Gasteiger partial charge >= 0.3 is 0 Å². The first-order chi connectivity index (χ1) is 8.67. The van der Waals surface area contributed by atoms with Crippen LogP contribution in [0.15, 0.2) is 30.3 Å². The van der Waals surface area contributed by atoms with Crippen molar-refractivity contribution in [2.45, 2.75) is 39.2 Å². The first-order valence-corrected chi connectivity index (χ1v) is 6.74. The molecule has 0 spiro atoms. The Balaban J connectivity index is 2.37. The van der Waals surface area contributed by atoms with Crippen molar-refractivity contribution in [3.05, 3.63) is 35.9 Å². The monoisotopic (exact) mass is 248 g/mol. The van der Waals surface area contributed by atoms with Gasteiger partial charge in [-0.25, -0.2) is 0 Å². The zero-order chi connectivity index (χ0) is 13.4. The molecule has 1 aromatic rings. The van der Waals surface area contributed by atoms with Gasteiger partial charge in [0.15, 0.2) is 0 Å². The molecule has 18 heavy (non-hydrogen) atoms. The molecule has 0 aromatic heterocycles. The fourth-order valence-electron chi connectivity index (χ4n) is 1.91. The number of hydrogen-bond acceptors (Lipinski definition) is 2. The number of benzene rings is 1. The molecular formula is C15H24N2O. The third kappa shape index (κ3) is 4.88. The van der Waals surface area contributed by atoms with Crippen molar-refractivity contribution in [3.8, 4) is 0 Å². The Morgan fingerprint density at radius 1 is 1.22 bits per heavy atom. The molecule has 1 rings (SSSR count). The summed E-state index contributed by atoms with van der Waals surface area (Å²) in [6.45, 7) is 5.02. The maximum atomic E-state index is 11.8. The molecule has 0 saturated heterocycles. The molecule has 1 atom stereocenters. The molecule has 3 nitrogen and oxygen atoms in total. The topological polar surface area (TPSA) is 55.1 Å². The molecule has 1 amide bonds. The number of carbonyl (C=O) groups is 1. The molecule has 0 fully saturated rings. The van der Waals surface area contributed by atoms with Gasteiger partial charge in [0.2, 0.25) is 5.91 Å². The van der Waals surface area contributed by atoms with Gasteiger partial charge in [0.1, 0.15) is 0 Å². The van der Waals surface area contributed by atoms with Crippen molar-refractivity contribution < 1.29 is 4.79 Å². The van der Waals surface area contributed by atoms with Crippen LogP contribution < -0.4 is 11.1 Å². The molecule has 0 unspecified atom stereocenters. The van der Waals surface area contributed by atoms with E-state index in [1.54, 1.807) is 0 Å². The second kappa shape index (κ2) is 7.88. The molecule has 100 valence electrons. The Morgan fingerprint density at radius 3 is 2.39 bits per heavy atom. The van der Waals surface area contributed by atoms with Gasteiger partial charge in [0, 0.05) is 6.54 Å². The Bertz CT molecular complexity index is 347. The Kier molecular flexibility index (Phi) is 6.44. The highest BCUT2D eigenvalue weighted by atomic mass is 16.2. The summed E-state index contributed by atoms with van der Waals surface area (Å²) >= 11 is 0. The molecule has 0 aliphatic rings. The highest BCUT2D eigenvalue weighted by molar-refractivity contribution is 5.81. The summed E-state index contributed by atoms with van der Waals surface area (Å²) in [5, 5.41) is 2.94. The van der Waals surface area contributed by atoms with Gasteiger partial charge in [0.25, 0.3) is 0 Å². The average molecular weight is 248 g/mol. The molecule has 0 bridgehead atoms. The van der Waals surface area contributed by atoms with Gasteiger partial charge in [-0.15, -0.1) is 0 Å². The summed E-state index contributed by atoms with van der Waals surface area (Å²) in [4.78, 5) is 11.8. The van der Waals surface area contributed by atoms with Crippen molar-refractivity contribution in [2.75, 3.05) is 6.54 Å². The minimum absolute atomic E-state index is 0.0502. The van der Waals surface area contributed by atoms with Crippen LogP contribution in [0.4, 0.5) is 0 Å². The zero-order valence-corrected chi connectivity index (χ0v) is 11.4. The standard InChI is InChI=1S/C15H24N2O/c1-3-12(4-2)11-17-15(18)14(16)10-13-8-6-5-7-9-13/h5-9,12,14H,3-4,10-11,16H2,1-2H3,(H,17,18)/t14-/m1/s1. The number of hydrogen-bond donors (Lipinski definition) is 2. The van der Waals surface area contributed by atoms with Gasteiger partial charge < -0.3 is 11.1 Å². The summed E-state index contributed by atoms with van der Waals surface area (Å²) in [5.41, 5.74) is 7.01. The number of rotatable bonds is 7. The number of nitrogens with two attached hydrogens (primary N) is 1. The summed E-state index contributed by atoms with van der Waals surface area (Å²) in [6.07, 6.45) is 2.77. The third-order valence-electron chi connectivity index (χ3n) is 3.35. The van der Waals surface area contributed by atoms with Crippen LogP contribution in [0.3, 0.4) is 0 Å². The fraction of sp³-hybridized carbons (Fsp3) is 0.533. The van der Waals surface area contributed by atoms with E-state index in [2.05, 4.69) is 19.2 Å². The molecule has 0 aliphatic heterocycles. The predicted molar refractivity (Wildman–Crippen MR) is 75.2 cm³/mol. The molecule has 3 N–H and O–H groups in total. The van der Waals surface area contributed by atoms with Crippen LogP contribution in [0.1, 0.15) is 32.3 Å². The summed E-state index contributed by atoms with van der Waals surface area (Å²) in [7, 11) is 0. The smallest absolute Gasteiger partial charge is 0.237 e. The average Bonchev–Trinajstić information content (AvgIpc) is 2.40. The van der Waals surface area contributed by atoms with Gasteiger partial charge in [-0.05, 0) is 17.9 Å². The quantitative estimate of drug-likeness (QED) is 0.776. The maximum absolute atomic E-state index is 11.8. The minimum Gasteiger partial charge on any atom is -0.354 e. The van der Waals surface area contributed by atoms with E-state index in [0.29, 0.717) is 12.3 Å². The predicted octanol–water partition coefficient (Wildman–Crippen LogP) is 2.11. The van der Waals surface area contributed by atoms with E-state index in [1.165, 1.54) is 0 Å². The molecule has 1 aromatic carbocycles. The van der Waals surface area contributed by atoms with Crippen molar-refractivity contribution in [1.82, 2.24) is 5.32 Å². The largest absolute Gasteiger partial charge is 0.354 e. The van der Waals surface area contributed by atoms with Crippen molar-refractivity contribution in [2.24, 2.45) is 11.7 Å². The van der Waals surface area contributed by atoms with E-state index in [9.17, 15) is 4.79 Å². The van der Waals surface area contributed by atoms with Crippen molar-refractivity contribution >= 4 is 5.91 Å². The Morgan fingerprint density at radius 2 is 1.83 bits per heavy atom. The lowest BCUT2D eigenvalue weighted by Gasteiger charge is -2.16. The fourth-order valence-corrected chi connectivity index (χ4v) is 1.91. The van der Waals surface area contributed by atoms with Gasteiger partial charge in [-0.1, -0.05) is 57.0 Å². The van der Waals surface area contributed by atoms with Crippen LogP contribution in [0.2, 0.25) is 0 Å². The lowest BCUT2D eigenvalue weighted by molar-refractivity contribution is -0.122. The summed E-state index contributed by atoms with van der Waals surface area (Å²) in [6, 6.07) is 9.42. The second-order valence-corrected chi connectivity index (χ2v) is 4.72. The lowest BCUT2D eigenvalue weighted by atomic mass is 10.0. The molecule has 3 heteroatoms. The highest BCUT2D eigenvalue weighted by Crippen LogP contribution is 2.06. The highest BCUT2D eigenvalue weighted by Gasteiger charge is 2.14. The van der Waals surface area contributed by atoms with Crippen molar-refractivity contribution in [1.29, 1.82) is 0 Å².